The molecule has 1 N–H and O–H groups in total. The van der Waals surface area contributed by atoms with Crippen LogP contribution in [-0.4, -0.2) is 35.2 Å². The molecule has 6 heteroatoms. The SMILES string of the molecule is CCOc1ccc(Cc2cc(C3CC(=O)CC(CO)O3)ccc2Cl)cn1. The van der Waals surface area contributed by atoms with Crippen molar-refractivity contribution in [3.05, 3.63) is 58.2 Å². The number of ketones is 1. The first-order valence-corrected chi connectivity index (χ1v) is 9.11. The lowest BCUT2D eigenvalue weighted by Gasteiger charge is -2.28. The average Bonchev–Trinajstić information content (AvgIpc) is 2.64. The minimum absolute atomic E-state index is 0.104. The molecule has 2 aromatic rings. The number of rotatable bonds is 6. The van der Waals surface area contributed by atoms with E-state index >= 15 is 0 Å². The van der Waals surface area contributed by atoms with Gasteiger partial charge in [0.2, 0.25) is 5.88 Å². The highest BCUT2D eigenvalue weighted by Crippen LogP contribution is 2.32. The lowest BCUT2D eigenvalue weighted by Crippen LogP contribution is -2.30. The van der Waals surface area contributed by atoms with Crippen molar-refractivity contribution in [2.75, 3.05) is 13.2 Å². The molecule has 0 radical (unpaired) electrons. The summed E-state index contributed by atoms with van der Waals surface area (Å²) < 4.78 is 11.2. The summed E-state index contributed by atoms with van der Waals surface area (Å²) >= 11 is 6.36. The van der Waals surface area contributed by atoms with E-state index in [1.807, 2.05) is 37.3 Å². The Labute approximate surface area is 157 Å². The highest BCUT2D eigenvalue weighted by molar-refractivity contribution is 6.31. The van der Waals surface area contributed by atoms with Crippen LogP contribution in [0.15, 0.2) is 36.5 Å². The zero-order chi connectivity index (χ0) is 18.5. The maximum Gasteiger partial charge on any atom is 0.213 e. The van der Waals surface area contributed by atoms with Gasteiger partial charge in [-0.05, 0) is 29.7 Å². The Morgan fingerprint density at radius 2 is 2.15 bits per heavy atom. The van der Waals surface area contributed by atoms with Crippen molar-refractivity contribution in [2.45, 2.75) is 38.4 Å². The molecule has 3 rings (SSSR count). The molecule has 1 aromatic carbocycles. The summed E-state index contributed by atoms with van der Waals surface area (Å²) in [4.78, 5) is 16.2. The summed E-state index contributed by atoms with van der Waals surface area (Å²) in [6.07, 6.45) is 2.21. The molecule has 2 heterocycles. The van der Waals surface area contributed by atoms with Gasteiger partial charge in [0.15, 0.2) is 0 Å². The molecule has 1 aliphatic heterocycles. The molecule has 138 valence electrons. The van der Waals surface area contributed by atoms with Crippen molar-refractivity contribution in [3.8, 4) is 5.88 Å². The van der Waals surface area contributed by atoms with Gasteiger partial charge in [-0.2, -0.15) is 0 Å². The molecule has 2 atom stereocenters. The molecule has 2 unspecified atom stereocenters. The molecular weight excluding hydrogens is 354 g/mol. The van der Waals surface area contributed by atoms with Crippen LogP contribution < -0.4 is 4.74 Å². The van der Waals surface area contributed by atoms with Gasteiger partial charge in [-0.1, -0.05) is 29.8 Å². The average molecular weight is 376 g/mol. The highest BCUT2D eigenvalue weighted by atomic mass is 35.5. The smallest absolute Gasteiger partial charge is 0.213 e. The number of halogens is 1. The van der Waals surface area contributed by atoms with Crippen LogP contribution in [0.25, 0.3) is 0 Å². The zero-order valence-electron chi connectivity index (χ0n) is 14.7. The minimum atomic E-state index is -0.435. The number of Topliss-reactive ketones (excluding diaryl/α,β-unsaturated/α-hetero) is 1. The summed E-state index contributed by atoms with van der Waals surface area (Å²) in [6, 6.07) is 9.47. The number of aliphatic hydroxyl groups is 1. The van der Waals surface area contributed by atoms with Crippen molar-refractivity contribution in [3.63, 3.8) is 0 Å². The van der Waals surface area contributed by atoms with Crippen LogP contribution in [-0.2, 0) is 16.0 Å². The molecule has 1 aliphatic rings. The molecule has 0 aliphatic carbocycles. The van der Waals surface area contributed by atoms with Crippen molar-refractivity contribution in [1.82, 2.24) is 4.98 Å². The van der Waals surface area contributed by atoms with E-state index in [9.17, 15) is 9.90 Å². The minimum Gasteiger partial charge on any atom is -0.478 e. The first-order chi connectivity index (χ1) is 12.6. The van der Waals surface area contributed by atoms with Crippen LogP contribution in [0.2, 0.25) is 5.02 Å². The Morgan fingerprint density at radius 3 is 2.85 bits per heavy atom. The van der Waals surface area contributed by atoms with E-state index in [4.69, 9.17) is 21.1 Å². The summed E-state index contributed by atoms with van der Waals surface area (Å²) in [6.45, 7) is 2.34. The van der Waals surface area contributed by atoms with E-state index in [2.05, 4.69) is 4.98 Å². The van der Waals surface area contributed by atoms with Gasteiger partial charge in [0.1, 0.15) is 5.78 Å². The van der Waals surface area contributed by atoms with Gasteiger partial charge in [-0.15, -0.1) is 0 Å². The standard InChI is InChI=1S/C20H22ClNO4/c1-2-25-20-6-3-13(11-22-20)7-15-8-14(4-5-18(15)21)19-10-16(24)9-17(12-23)26-19/h3-6,8,11,17,19,23H,2,7,9-10,12H2,1H3. The number of carbonyl (C=O) groups is 1. The van der Waals surface area contributed by atoms with E-state index in [0.29, 0.717) is 30.4 Å². The number of aliphatic hydroxyl groups excluding tert-OH is 1. The Hall–Kier alpha value is -1.95. The third-order valence-electron chi connectivity index (χ3n) is 4.35. The molecule has 0 saturated carbocycles. The van der Waals surface area contributed by atoms with Crippen LogP contribution in [0.3, 0.4) is 0 Å². The quantitative estimate of drug-likeness (QED) is 0.836. The topological polar surface area (TPSA) is 68.7 Å². The number of pyridine rings is 1. The Balaban J connectivity index is 1.78. The largest absolute Gasteiger partial charge is 0.478 e. The zero-order valence-corrected chi connectivity index (χ0v) is 15.4. The van der Waals surface area contributed by atoms with Gasteiger partial charge >= 0.3 is 0 Å². The number of ether oxygens (including phenoxy) is 2. The third-order valence-corrected chi connectivity index (χ3v) is 4.72. The molecule has 0 amide bonds. The van der Waals surface area contributed by atoms with Crippen molar-refractivity contribution in [1.29, 1.82) is 0 Å². The second-order valence-electron chi connectivity index (χ2n) is 6.34. The van der Waals surface area contributed by atoms with Gasteiger partial charge in [0.25, 0.3) is 0 Å². The molecule has 0 spiro atoms. The second-order valence-corrected chi connectivity index (χ2v) is 6.75. The fraction of sp³-hybridized carbons (Fsp3) is 0.400. The molecule has 0 bridgehead atoms. The summed E-state index contributed by atoms with van der Waals surface area (Å²) in [5.74, 6) is 0.702. The van der Waals surface area contributed by atoms with Crippen LogP contribution in [0, 0.1) is 0 Å². The van der Waals surface area contributed by atoms with E-state index in [1.54, 1.807) is 6.20 Å². The predicted octanol–water partition coefficient (Wildman–Crippen LogP) is 3.51. The number of nitrogens with zero attached hydrogens (tertiary/aromatic N) is 1. The first-order valence-electron chi connectivity index (χ1n) is 8.73. The van der Waals surface area contributed by atoms with E-state index in [-0.39, 0.29) is 24.9 Å². The van der Waals surface area contributed by atoms with Gasteiger partial charge in [-0.3, -0.25) is 4.79 Å². The van der Waals surface area contributed by atoms with Crippen LogP contribution in [0.5, 0.6) is 5.88 Å². The molecule has 1 saturated heterocycles. The second kappa shape index (κ2) is 8.62. The number of aromatic nitrogens is 1. The molecule has 1 aromatic heterocycles. The van der Waals surface area contributed by atoms with Crippen molar-refractivity contribution in [2.24, 2.45) is 0 Å². The first kappa shape index (κ1) is 18.8. The van der Waals surface area contributed by atoms with Crippen LogP contribution in [0.4, 0.5) is 0 Å². The monoisotopic (exact) mass is 375 g/mol. The third kappa shape index (κ3) is 4.61. The number of benzene rings is 1. The van der Waals surface area contributed by atoms with Gasteiger partial charge < -0.3 is 14.6 Å². The normalized spacial score (nSPS) is 20.2. The predicted molar refractivity (Wildman–Crippen MR) is 98.6 cm³/mol. The Morgan fingerprint density at radius 1 is 1.31 bits per heavy atom. The summed E-state index contributed by atoms with van der Waals surface area (Å²) in [5, 5.41) is 9.97. The summed E-state index contributed by atoms with van der Waals surface area (Å²) in [5.41, 5.74) is 2.86. The van der Waals surface area contributed by atoms with E-state index in [0.717, 1.165) is 16.7 Å². The maximum atomic E-state index is 11.9. The molecular formula is C20H22ClNO4. The maximum absolute atomic E-state index is 11.9. The molecule has 26 heavy (non-hydrogen) atoms. The molecule has 1 fully saturated rings. The Bertz CT molecular complexity index is 763. The van der Waals surface area contributed by atoms with Crippen LogP contribution in [0.1, 0.15) is 42.6 Å². The number of hydrogen-bond acceptors (Lipinski definition) is 5. The Kier molecular flexibility index (Phi) is 6.25. The van der Waals surface area contributed by atoms with Gasteiger partial charge in [0.05, 0.1) is 25.4 Å². The highest BCUT2D eigenvalue weighted by Gasteiger charge is 2.28. The van der Waals surface area contributed by atoms with Gasteiger partial charge in [0, 0.05) is 36.5 Å². The fourth-order valence-electron chi connectivity index (χ4n) is 3.08. The number of hydrogen-bond donors (Lipinski definition) is 1. The van der Waals surface area contributed by atoms with Crippen LogP contribution >= 0.6 is 11.6 Å². The van der Waals surface area contributed by atoms with E-state index in [1.165, 1.54) is 0 Å². The fourth-order valence-corrected chi connectivity index (χ4v) is 3.26. The lowest BCUT2D eigenvalue weighted by molar-refractivity contribution is -0.139. The lowest BCUT2D eigenvalue weighted by atomic mass is 9.95. The summed E-state index contributed by atoms with van der Waals surface area (Å²) in [7, 11) is 0. The van der Waals surface area contributed by atoms with Crippen molar-refractivity contribution >= 4 is 17.4 Å². The van der Waals surface area contributed by atoms with E-state index < -0.39 is 6.10 Å². The van der Waals surface area contributed by atoms with Crippen molar-refractivity contribution < 1.29 is 19.4 Å². The molecule has 5 nitrogen and oxygen atoms in total. The van der Waals surface area contributed by atoms with Gasteiger partial charge in [-0.25, -0.2) is 4.98 Å². The number of carbonyl (C=O) groups excluding carboxylic acids is 1.